The van der Waals surface area contributed by atoms with Crippen molar-refractivity contribution in [2.75, 3.05) is 0 Å². The van der Waals surface area contributed by atoms with E-state index in [1.54, 1.807) is 0 Å². The van der Waals surface area contributed by atoms with E-state index in [0.29, 0.717) is 0 Å². The molecule has 0 unspecified atom stereocenters. The van der Waals surface area contributed by atoms with Crippen LogP contribution in [0.25, 0.3) is 0 Å². The van der Waals surface area contributed by atoms with Gasteiger partial charge in [-0.05, 0) is 0 Å². The van der Waals surface area contributed by atoms with Gasteiger partial charge in [-0.1, -0.05) is 0 Å². The van der Waals surface area contributed by atoms with Crippen LogP contribution in [0.5, 0.6) is 0 Å². The molecule has 0 heterocycles. The maximum atomic E-state index is 8.25. The number of rotatable bonds is 0. The minimum Gasteiger partial charge on any atom is -1.00 e. The number of quaternary nitrogens is 1. The predicted octanol–water partition coefficient (Wildman–Crippen LogP) is -2.86. The van der Waals surface area contributed by atoms with Crippen LogP contribution in [0, 0.1) is 15.3 Å². The zero-order valence-electron chi connectivity index (χ0n) is 3.37. The third-order valence-electron chi connectivity index (χ3n) is 0. The molecule has 0 aliphatic carbocycles. The van der Waals surface area contributed by atoms with E-state index in [-0.39, 0.29) is 39.0 Å². The Morgan fingerprint density at radius 2 is 1.29 bits per heavy atom. The summed E-state index contributed by atoms with van der Waals surface area (Å²) in [5, 5.41) is 14.8. The van der Waals surface area contributed by atoms with Gasteiger partial charge < -0.3 is 33.9 Å². The summed E-state index contributed by atoms with van der Waals surface area (Å²) in [6.45, 7) is 0. The quantitative estimate of drug-likeness (QED) is 0.270. The Kier molecular flexibility index (Phi) is 64.6. The van der Waals surface area contributed by atoms with E-state index in [2.05, 4.69) is 0 Å². The first-order chi connectivity index (χ1) is 1.73. The Bertz CT molecular complexity index is 35.9. The average Bonchev–Trinajstić information content (AvgIpc) is 0.811. The molecule has 0 saturated heterocycles. The summed E-state index contributed by atoms with van der Waals surface area (Å²) < 4.78 is 0. The summed E-state index contributed by atoms with van der Waals surface area (Å²) in [6.07, 6.45) is 0. The second-order valence-electron chi connectivity index (χ2n) is 0.224. The number of hydrogen-bond donors (Lipinski definition) is 1. The van der Waals surface area contributed by atoms with Crippen LogP contribution in [0.1, 0.15) is 0 Å². The molecular weight excluding hydrogens is 218 g/mol. The molecule has 0 rings (SSSR count). The number of halogens is 1. The van der Waals surface area contributed by atoms with Crippen LogP contribution in [0.15, 0.2) is 0 Å². The summed E-state index contributed by atoms with van der Waals surface area (Å²) in [7, 11) is 0. The van der Waals surface area contributed by atoms with E-state index in [9.17, 15) is 0 Å². The molecule has 0 aromatic rings. The zero-order chi connectivity index (χ0) is 3.58. The summed E-state index contributed by atoms with van der Waals surface area (Å²) in [5.74, 6) is 0. The molecule has 0 saturated carbocycles. The molecule has 0 fully saturated rings. The fourth-order valence-electron chi connectivity index (χ4n) is 0. The summed E-state index contributed by atoms with van der Waals surface area (Å²) >= 11 is 0. The maximum Gasteiger partial charge on any atom is 0.0689 e. The molecule has 0 spiro atoms. The molecule has 0 bridgehead atoms. The molecule has 0 aromatic heterocycles. The molecule has 7 heavy (non-hydrogen) atoms. The van der Waals surface area contributed by atoms with E-state index < -0.39 is 5.09 Å². The van der Waals surface area contributed by atoms with Crippen molar-refractivity contribution in [3.8, 4) is 0 Å². The maximum absolute atomic E-state index is 8.25. The van der Waals surface area contributed by atoms with Crippen molar-refractivity contribution in [1.82, 2.24) is 6.15 Å². The van der Waals surface area contributed by atoms with E-state index in [1.807, 2.05) is 0 Å². The van der Waals surface area contributed by atoms with Gasteiger partial charge in [-0.25, -0.2) is 0 Å². The molecular formula is H4ClN2O3Pd-. The normalized spacial score (nSPS) is 3.43. The van der Waals surface area contributed by atoms with Crippen LogP contribution in [-0.4, -0.2) is 5.09 Å². The second kappa shape index (κ2) is 16.5. The van der Waals surface area contributed by atoms with Gasteiger partial charge in [0.1, 0.15) is 0 Å². The zero-order valence-corrected chi connectivity index (χ0v) is 5.68. The fraction of sp³-hybridized carbons (Fsp3) is 0. The molecule has 4 N–H and O–H groups in total. The van der Waals surface area contributed by atoms with Gasteiger partial charge in [-0.3, -0.25) is 0 Å². The Morgan fingerprint density at radius 3 is 1.29 bits per heavy atom. The van der Waals surface area contributed by atoms with Gasteiger partial charge >= 0.3 is 0 Å². The topological polar surface area (TPSA) is 103 Å². The summed E-state index contributed by atoms with van der Waals surface area (Å²) in [4.78, 5) is 8.25. The van der Waals surface area contributed by atoms with Crippen LogP contribution in [0.2, 0.25) is 0 Å². The first kappa shape index (κ1) is 27.4. The third-order valence-corrected chi connectivity index (χ3v) is 0. The SMILES string of the molecule is O=[N+]([O-])[O-].[Cl-].[NH4+].[Pd]. The van der Waals surface area contributed by atoms with Gasteiger partial charge in [0, 0.05) is 20.4 Å². The number of nitrogens with zero attached hydrogens (tertiary/aromatic N) is 1. The summed E-state index contributed by atoms with van der Waals surface area (Å²) in [5.41, 5.74) is 0. The van der Waals surface area contributed by atoms with E-state index >= 15 is 0 Å². The van der Waals surface area contributed by atoms with Crippen LogP contribution in [0.3, 0.4) is 0 Å². The van der Waals surface area contributed by atoms with Crippen molar-refractivity contribution < 1.29 is 37.9 Å². The van der Waals surface area contributed by atoms with E-state index in [4.69, 9.17) is 15.3 Å². The minimum absolute atomic E-state index is 0. The molecule has 50 valence electrons. The molecule has 5 nitrogen and oxygen atoms in total. The third kappa shape index (κ3) is 8190. The Balaban J connectivity index is -0.0000000150. The van der Waals surface area contributed by atoms with Crippen LogP contribution in [0.4, 0.5) is 0 Å². The standard InChI is InChI=1S/ClH.NO3.H3N.Pd/c;2-1(3)4;;/h1H;;1H3;/q;-1;;. The van der Waals surface area contributed by atoms with E-state index in [1.165, 1.54) is 0 Å². The second-order valence-corrected chi connectivity index (χ2v) is 0.224. The van der Waals surface area contributed by atoms with Crippen LogP contribution < -0.4 is 18.6 Å². The van der Waals surface area contributed by atoms with Gasteiger partial charge in [0.05, 0.1) is 5.09 Å². The van der Waals surface area contributed by atoms with Crippen molar-refractivity contribution in [1.29, 1.82) is 0 Å². The largest absolute Gasteiger partial charge is 1.00 e. The first-order valence-electron chi connectivity index (χ1n) is 0.548. The Morgan fingerprint density at radius 1 is 1.29 bits per heavy atom. The van der Waals surface area contributed by atoms with Crippen molar-refractivity contribution >= 4 is 0 Å². The van der Waals surface area contributed by atoms with Gasteiger partial charge in [0.2, 0.25) is 0 Å². The molecule has 0 aliphatic rings. The van der Waals surface area contributed by atoms with Crippen molar-refractivity contribution in [3.63, 3.8) is 0 Å². The van der Waals surface area contributed by atoms with Crippen molar-refractivity contribution in [2.45, 2.75) is 0 Å². The number of hydrogen-bond acceptors (Lipinski definition) is 3. The van der Waals surface area contributed by atoms with E-state index in [0.717, 1.165) is 0 Å². The Labute approximate surface area is 59.8 Å². The molecule has 7 heteroatoms. The average molecular weight is 222 g/mol. The predicted molar refractivity (Wildman–Crippen MR) is 16.3 cm³/mol. The molecule has 0 aliphatic heterocycles. The first-order valence-corrected chi connectivity index (χ1v) is 0.548. The van der Waals surface area contributed by atoms with Gasteiger partial charge in [0.25, 0.3) is 0 Å². The molecule has 0 atom stereocenters. The monoisotopic (exact) mass is 221 g/mol. The fourth-order valence-corrected chi connectivity index (χ4v) is 0. The van der Waals surface area contributed by atoms with Crippen molar-refractivity contribution in [3.05, 3.63) is 15.3 Å². The molecule has 0 amide bonds. The van der Waals surface area contributed by atoms with Gasteiger partial charge in [0.15, 0.2) is 0 Å². The van der Waals surface area contributed by atoms with Crippen LogP contribution >= 0.6 is 0 Å². The van der Waals surface area contributed by atoms with Gasteiger partial charge in [-0.15, -0.1) is 0 Å². The van der Waals surface area contributed by atoms with Crippen molar-refractivity contribution in [2.24, 2.45) is 0 Å². The molecule has 0 aromatic carbocycles. The molecule has 0 radical (unpaired) electrons. The van der Waals surface area contributed by atoms with Crippen LogP contribution in [-0.2, 0) is 20.4 Å². The smallest absolute Gasteiger partial charge is 0.0689 e. The summed E-state index contributed by atoms with van der Waals surface area (Å²) in [6, 6.07) is 0. The van der Waals surface area contributed by atoms with Gasteiger partial charge in [-0.2, -0.15) is 0 Å². The minimum atomic E-state index is -1.75. The Hall–Kier alpha value is 0.112.